The number of nitrogens with one attached hydrogen (secondary N) is 1. The summed E-state index contributed by atoms with van der Waals surface area (Å²) >= 11 is 9.04. The van der Waals surface area contributed by atoms with Crippen molar-refractivity contribution in [2.75, 3.05) is 5.32 Å². The largest absolute Gasteiger partial charge is 0.324 e. The van der Waals surface area contributed by atoms with Gasteiger partial charge in [-0.3, -0.25) is 20.2 Å². The van der Waals surface area contributed by atoms with E-state index in [9.17, 15) is 14.9 Å². The van der Waals surface area contributed by atoms with E-state index in [2.05, 4.69) is 26.2 Å². The topological polar surface area (TPSA) is 98.0 Å². The highest BCUT2D eigenvalue weighted by Gasteiger charge is 2.18. The summed E-state index contributed by atoms with van der Waals surface area (Å²) in [5.74, 6) is -0.265. The van der Waals surface area contributed by atoms with E-state index >= 15 is 0 Å². The molecule has 0 unspecified atom stereocenters. The Hall–Kier alpha value is -3.29. The first-order valence-corrected chi connectivity index (χ1v) is 14.8. The number of carbonyl (C=O) groups is 1. The van der Waals surface area contributed by atoms with Crippen molar-refractivity contribution in [1.82, 2.24) is 9.97 Å². The number of amides is 1. The zero-order valence-corrected chi connectivity index (χ0v) is 23.4. The Balaban J connectivity index is 1.33. The fraction of sp³-hybridized carbons (Fsp3) is 0. The van der Waals surface area contributed by atoms with Crippen LogP contribution in [-0.4, -0.2) is 20.8 Å². The molecule has 0 saturated heterocycles. The van der Waals surface area contributed by atoms with Crippen LogP contribution in [0, 0.1) is 10.1 Å². The lowest BCUT2D eigenvalue weighted by molar-refractivity contribution is -0.380. The Bertz CT molecular complexity index is 1800. The van der Waals surface area contributed by atoms with Crippen LogP contribution >= 0.6 is 61.3 Å². The number of para-hydroxylation sites is 1. The van der Waals surface area contributed by atoms with Crippen molar-refractivity contribution in [3.63, 3.8) is 0 Å². The van der Waals surface area contributed by atoms with Crippen LogP contribution in [0.2, 0.25) is 0 Å². The van der Waals surface area contributed by atoms with Gasteiger partial charge in [0.25, 0.3) is 5.91 Å². The molecule has 1 N–H and O–H groups in total. The molecule has 0 bridgehead atoms. The van der Waals surface area contributed by atoms with Gasteiger partial charge in [-0.05, 0) is 58.4 Å². The molecule has 7 nitrogen and oxygen atoms in total. The quantitative estimate of drug-likeness (QED) is 0.147. The van der Waals surface area contributed by atoms with Gasteiger partial charge in [-0.1, -0.05) is 29.5 Å². The van der Waals surface area contributed by atoms with E-state index in [1.165, 1.54) is 28.7 Å². The number of thiophene rings is 3. The highest BCUT2D eigenvalue weighted by atomic mass is 79.9. The lowest BCUT2D eigenvalue weighted by Crippen LogP contribution is -2.13. The summed E-state index contributed by atoms with van der Waals surface area (Å²) in [7, 11) is 0. The van der Waals surface area contributed by atoms with Crippen LogP contribution in [0.5, 0.6) is 0 Å². The van der Waals surface area contributed by atoms with E-state index in [1.54, 1.807) is 23.5 Å². The summed E-state index contributed by atoms with van der Waals surface area (Å²) in [6, 6.07) is 20.4. The SMILES string of the molecule is O=C(Nc1nc(-c2ccc(Br)s2)cs1)c1cc(-c2ccc(-c3ccc([N+](=O)[O-])s3)s2)nc2ccccc12. The molecule has 0 atom stereocenters. The number of pyridine rings is 1. The van der Waals surface area contributed by atoms with E-state index in [0.717, 1.165) is 45.7 Å². The molecule has 0 aliphatic carbocycles. The monoisotopic (exact) mass is 624 g/mol. The van der Waals surface area contributed by atoms with Crippen molar-refractivity contribution in [2.24, 2.45) is 0 Å². The van der Waals surface area contributed by atoms with Gasteiger partial charge in [-0.2, -0.15) is 0 Å². The number of thiazole rings is 1. The van der Waals surface area contributed by atoms with Crippen molar-refractivity contribution in [3.05, 3.63) is 91.6 Å². The molecular weight excluding hydrogens is 612 g/mol. The number of hydrogen-bond donors (Lipinski definition) is 1. The van der Waals surface area contributed by atoms with Gasteiger partial charge in [-0.15, -0.1) is 34.0 Å². The zero-order valence-electron chi connectivity index (χ0n) is 18.5. The summed E-state index contributed by atoms with van der Waals surface area (Å²) in [4.78, 5) is 37.1. The number of halogens is 1. The average Bonchev–Trinajstić information content (AvgIpc) is 3.70. The van der Waals surface area contributed by atoms with Gasteiger partial charge >= 0.3 is 5.00 Å². The fourth-order valence-corrected chi connectivity index (χ4v) is 7.72. The third-order valence-corrected chi connectivity index (χ3v) is 10.1. The number of aromatic nitrogens is 2. The number of nitro groups is 1. The molecule has 1 amide bonds. The van der Waals surface area contributed by atoms with Crippen LogP contribution in [0.3, 0.4) is 0 Å². The Morgan fingerprint density at radius 2 is 1.59 bits per heavy atom. The molecule has 1 aromatic carbocycles. The molecule has 0 saturated carbocycles. The van der Waals surface area contributed by atoms with Crippen LogP contribution in [-0.2, 0) is 0 Å². The van der Waals surface area contributed by atoms with Gasteiger partial charge < -0.3 is 0 Å². The van der Waals surface area contributed by atoms with E-state index in [-0.39, 0.29) is 15.8 Å². The number of carbonyl (C=O) groups excluding carboxylic acids is 1. The van der Waals surface area contributed by atoms with Crippen molar-refractivity contribution in [1.29, 1.82) is 0 Å². The van der Waals surface area contributed by atoms with E-state index < -0.39 is 0 Å². The minimum Gasteiger partial charge on any atom is -0.298 e. The van der Waals surface area contributed by atoms with Gasteiger partial charge in [0.2, 0.25) is 0 Å². The highest BCUT2D eigenvalue weighted by Crippen LogP contribution is 2.40. The second kappa shape index (κ2) is 9.88. The first kappa shape index (κ1) is 24.1. The molecule has 0 aliphatic heterocycles. The molecule has 6 rings (SSSR count). The van der Waals surface area contributed by atoms with Gasteiger partial charge in [0.15, 0.2) is 5.13 Å². The van der Waals surface area contributed by atoms with Crippen LogP contribution in [0.25, 0.3) is 41.8 Å². The number of anilines is 1. The maximum Gasteiger partial charge on any atom is 0.324 e. The van der Waals surface area contributed by atoms with Gasteiger partial charge in [-0.25, -0.2) is 9.97 Å². The van der Waals surface area contributed by atoms with Crippen LogP contribution in [0.1, 0.15) is 10.4 Å². The fourth-order valence-electron chi connectivity index (χ4n) is 3.72. The van der Waals surface area contributed by atoms with Gasteiger partial charge in [0.05, 0.1) is 45.8 Å². The summed E-state index contributed by atoms with van der Waals surface area (Å²) in [6.45, 7) is 0. The lowest BCUT2D eigenvalue weighted by Gasteiger charge is -2.08. The molecule has 12 heteroatoms. The Morgan fingerprint density at radius 1 is 0.865 bits per heavy atom. The smallest absolute Gasteiger partial charge is 0.298 e. The highest BCUT2D eigenvalue weighted by molar-refractivity contribution is 9.11. The molecule has 5 heterocycles. The normalized spacial score (nSPS) is 11.2. The van der Waals surface area contributed by atoms with Gasteiger partial charge in [0, 0.05) is 21.7 Å². The van der Waals surface area contributed by atoms with Crippen LogP contribution < -0.4 is 5.32 Å². The third-order valence-electron chi connectivity index (χ3n) is 5.38. The Labute approximate surface area is 234 Å². The molecule has 182 valence electrons. The average molecular weight is 626 g/mol. The Kier molecular flexibility index (Phi) is 6.42. The van der Waals surface area contributed by atoms with Crippen molar-refractivity contribution < 1.29 is 9.72 Å². The van der Waals surface area contributed by atoms with Gasteiger partial charge in [0.1, 0.15) is 0 Å². The second-order valence-corrected chi connectivity index (χ2v) is 13.2. The number of fused-ring (bicyclic) bond motifs is 1. The van der Waals surface area contributed by atoms with E-state index in [0.29, 0.717) is 21.9 Å². The van der Waals surface area contributed by atoms with Crippen molar-refractivity contribution in [3.8, 4) is 30.9 Å². The van der Waals surface area contributed by atoms with E-state index in [4.69, 9.17) is 4.98 Å². The maximum absolute atomic E-state index is 13.4. The Morgan fingerprint density at radius 3 is 2.38 bits per heavy atom. The minimum atomic E-state index is -0.386. The number of benzene rings is 1. The zero-order chi connectivity index (χ0) is 25.5. The van der Waals surface area contributed by atoms with Crippen LogP contribution in [0.15, 0.2) is 75.9 Å². The van der Waals surface area contributed by atoms with E-state index in [1.807, 2.05) is 53.9 Å². The summed E-state index contributed by atoms with van der Waals surface area (Å²) in [5, 5.41) is 17.3. The summed E-state index contributed by atoms with van der Waals surface area (Å²) in [6.07, 6.45) is 0. The predicted molar refractivity (Wildman–Crippen MR) is 156 cm³/mol. The molecule has 0 aliphatic rings. The molecule has 0 radical (unpaired) electrons. The first-order valence-electron chi connectivity index (χ1n) is 10.7. The molecule has 0 spiro atoms. The lowest BCUT2D eigenvalue weighted by atomic mass is 10.1. The standard InChI is InChI=1S/C25H13BrN4O3S4/c26-22-9-7-19(36-22)17-12-34-25(28-17)29-24(31)14-11-16(27-15-4-2-1-3-13(14)15)18-5-6-20(35-18)21-8-10-23(37-21)30(32)33/h1-12H,(H,28,29,31). The number of rotatable bonds is 6. The molecule has 0 fully saturated rings. The number of nitrogens with zero attached hydrogens (tertiary/aromatic N) is 3. The van der Waals surface area contributed by atoms with Crippen LogP contribution in [0.4, 0.5) is 10.1 Å². The maximum atomic E-state index is 13.4. The summed E-state index contributed by atoms with van der Waals surface area (Å²) < 4.78 is 1.02. The molecular formula is C25H13BrN4O3S4. The third kappa shape index (κ3) is 4.86. The second-order valence-electron chi connectivity index (χ2n) is 7.73. The molecule has 37 heavy (non-hydrogen) atoms. The summed E-state index contributed by atoms with van der Waals surface area (Å²) in [5.41, 5.74) is 2.68. The predicted octanol–water partition coefficient (Wildman–Crippen LogP) is 8.80. The molecule has 6 aromatic rings. The van der Waals surface area contributed by atoms with Crippen molar-refractivity contribution in [2.45, 2.75) is 0 Å². The molecule has 5 aromatic heterocycles. The number of hydrogen-bond acceptors (Lipinski definition) is 9. The van der Waals surface area contributed by atoms with Crippen molar-refractivity contribution >= 4 is 88.2 Å². The minimum absolute atomic E-state index is 0.102. The first-order chi connectivity index (χ1) is 17.9.